The molecule has 1 rings (SSSR count). The Hall–Kier alpha value is 0.909. The van der Waals surface area contributed by atoms with Gasteiger partial charge in [0.1, 0.15) is 0 Å². The molecule has 1 aliphatic carbocycles. The van der Waals surface area contributed by atoms with Gasteiger partial charge in [-0.15, -0.1) is 15.6 Å². The average Bonchev–Trinajstić information content (AvgIpc) is 2.25. The average molecular weight is 278 g/mol. The van der Waals surface area contributed by atoms with Crippen LogP contribution in [0.5, 0.6) is 0 Å². The van der Waals surface area contributed by atoms with Gasteiger partial charge in [-0.3, -0.25) is 0 Å². The van der Waals surface area contributed by atoms with E-state index in [0.29, 0.717) is 16.8 Å². The van der Waals surface area contributed by atoms with Crippen molar-refractivity contribution in [2.75, 3.05) is 0 Å². The van der Waals surface area contributed by atoms with Gasteiger partial charge in [0, 0.05) is 0 Å². The van der Waals surface area contributed by atoms with Gasteiger partial charge in [0.05, 0.1) is 110 Å². The molecule has 0 saturated heterocycles. The van der Waals surface area contributed by atoms with E-state index in [0.717, 1.165) is 0 Å². The van der Waals surface area contributed by atoms with Crippen LogP contribution in [0.3, 0.4) is 0 Å². The molecule has 0 aromatic heterocycles. The second-order valence-electron chi connectivity index (χ2n) is 11.3. The summed E-state index contributed by atoms with van der Waals surface area (Å²) in [4.78, 5) is 0. The second kappa shape index (κ2) is 5.20. The molecule has 0 heterocycles. The molecule has 0 nitrogen and oxygen atoms in total. The molecular weight excluding hydrogens is 247 g/mol. The van der Waals surface area contributed by atoms with Gasteiger partial charge >= 0.3 is 0 Å². The molecule has 0 amide bonds. The molecule has 22 heavy (non-hydrogen) atoms. The predicted molar refractivity (Wildman–Crippen MR) is 143 cm³/mol. The first-order valence-electron chi connectivity index (χ1n) is 9.39. The van der Waals surface area contributed by atoms with Gasteiger partial charge in [-0.25, -0.2) is 0 Å². The molecule has 1 saturated carbocycles. The molecule has 1 fully saturated rings. The summed E-state index contributed by atoms with van der Waals surface area (Å²) in [5.41, 5.74) is 1.61. The highest BCUT2D eigenvalue weighted by molar-refractivity contribution is 6.71. The molecule has 0 unspecified atom stereocenters. The molecular formula is C8H30B14. The maximum absolute atomic E-state index is 2.56. The number of hydrogen-bond donors (Lipinski definition) is 0. The highest BCUT2D eigenvalue weighted by atomic mass is 14.6. The molecule has 0 spiro atoms. The Morgan fingerprint density at radius 1 is 0.364 bits per heavy atom. The monoisotopic (exact) mass is 280 g/mol. The minimum Gasteiger partial charge on any atom is -0.102 e. The molecule has 0 aromatic rings. The Kier molecular flexibility index (Phi) is 4.95. The Balaban J connectivity index is 4.00. The maximum atomic E-state index is 2.56. The Bertz CT molecular complexity index is 408. The van der Waals surface area contributed by atoms with Crippen molar-refractivity contribution < 1.29 is 0 Å². The molecule has 0 aliphatic heterocycles. The molecule has 0 atom stereocenters. The summed E-state index contributed by atoms with van der Waals surface area (Å²) in [5.74, 6) is 0. The van der Waals surface area contributed by atoms with E-state index in [1.807, 2.05) is 0 Å². The van der Waals surface area contributed by atoms with Crippen LogP contribution < -0.4 is 0 Å². The lowest BCUT2D eigenvalue weighted by Crippen LogP contribution is -2.71. The van der Waals surface area contributed by atoms with Crippen LogP contribution in [0.1, 0.15) is 0 Å². The van der Waals surface area contributed by atoms with Gasteiger partial charge in [0.15, 0.2) is 0 Å². The van der Waals surface area contributed by atoms with Crippen molar-refractivity contribution in [2.24, 2.45) is 5.41 Å². The van der Waals surface area contributed by atoms with E-state index in [9.17, 15) is 0 Å². The first-order chi connectivity index (χ1) is 9.39. The minimum absolute atomic E-state index is 0.255. The molecule has 14 heteroatoms. The van der Waals surface area contributed by atoms with E-state index in [2.05, 4.69) is 110 Å². The summed E-state index contributed by atoms with van der Waals surface area (Å²) in [5, 5.41) is 1.29. The third-order valence-electron chi connectivity index (χ3n) is 10.1. The highest BCUT2D eigenvalue weighted by Gasteiger charge is 2.73. The molecule has 0 radical (unpaired) electrons. The van der Waals surface area contributed by atoms with Gasteiger partial charge in [-0.1, -0.05) is 27.3 Å². The summed E-state index contributed by atoms with van der Waals surface area (Å²) < 4.78 is 0. The standard InChI is InChI=1S/C8H30B14/c9-1(10)3(2(11)12)4(13,14)6(17,18)8(21,22)7(19,20)5(3,15)16/h1-2H,9-22H2. The fourth-order valence-corrected chi connectivity index (χ4v) is 7.71. The van der Waals surface area contributed by atoms with Gasteiger partial charge in [-0.05, 0) is 0 Å². The third-order valence-corrected chi connectivity index (χ3v) is 10.1. The van der Waals surface area contributed by atoms with Gasteiger partial charge in [-0.2, -0.15) is 0 Å². The van der Waals surface area contributed by atoms with Crippen LogP contribution in [0.15, 0.2) is 0 Å². The number of rotatable bonds is 2. The van der Waals surface area contributed by atoms with E-state index in [1.54, 1.807) is 0 Å². The van der Waals surface area contributed by atoms with Crippen LogP contribution in [0.4, 0.5) is 0 Å². The summed E-state index contributed by atoms with van der Waals surface area (Å²) in [6.07, 6.45) is 0. The zero-order chi connectivity index (χ0) is 18.2. The Morgan fingerprint density at radius 2 is 0.545 bits per heavy atom. The minimum atomic E-state index is 0.255. The van der Waals surface area contributed by atoms with E-state index in [1.165, 1.54) is 0 Å². The van der Waals surface area contributed by atoms with E-state index < -0.39 is 0 Å². The smallest absolute Gasteiger partial charge is 0.0986 e. The third kappa shape index (κ3) is 1.85. The van der Waals surface area contributed by atoms with Gasteiger partial charge < -0.3 is 0 Å². The zero-order valence-electron chi connectivity index (χ0n) is 18.2. The number of hydrogen-bond acceptors (Lipinski definition) is 0. The predicted octanol–water partition coefficient (Wildman–Crippen LogP) is -11.1. The summed E-state index contributed by atoms with van der Waals surface area (Å²) in [6, 6.07) is 0. The Morgan fingerprint density at radius 3 is 0.727 bits per heavy atom. The fourth-order valence-electron chi connectivity index (χ4n) is 7.71. The highest BCUT2D eigenvalue weighted by Crippen LogP contribution is 2.87. The van der Waals surface area contributed by atoms with E-state index >= 15 is 0 Å². The quantitative estimate of drug-likeness (QED) is 0.440. The fraction of sp³-hybridized carbons (Fsp3) is 1.00. The lowest BCUT2D eigenvalue weighted by Gasteiger charge is -2.83. The largest absolute Gasteiger partial charge is 0.102 e. The van der Waals surface area contributed by atoms with Crippen LogP contribution in [-0.4, -0.2) is 110 Å². The van der Waals surface area contributed by atoms with Gasteiger partial charge in [0.25, 0.3) is 0 Å². The van der Waals surface area contributed by atoms with Crippen molar-refractivity contribution in [2.45, 2.75) is 37.5 Å². The zero-order valence-corrected chi connectivity index (χ0v) is 18.2. The van der Waals surface area contributed by atoms with Crippen molar-refractivity contribution in [3.63, 3.8) is 0 Å². The topological polar surface area (TPSA) is 0 Å². The van der Waals surface area contributed by atoms with Crippen molar-refractivity contribution in [1.29, 1.82) is 0 Å². The molecule has 0 bridgehead atoms. The first-order valence-corrected chi connectivity index (χ1v) is 9.39. The Labute approximate surface area is 152 Å². The van der Waals surface area contributed by atoms with E-state index in [-0.39, 0.29) is 26.1 Å². The summed E-state index contributed by atoms with van der Waals surface area (Å²) in [7, 11) is 35.3. The lowest BCUT2D eigenvalue weighted by molar-refractivity contribution is 0.134. The van der Waals surface area contributed by atoms with Crippen molar-refractivity contribution in [1.82, 2.24) is 0 Å². The van der Waals surface area contributed by atoms with Crippen LogP contribution in [-0.2, 0) is 0 Å². The van der Waals surface area contributed by atoms with Crippen molar-refractivity contribution in [3.05, 3.63) is 0 Å². The first kappa shape index (κ1) is 21.0. The molecule has 0 N–H and O–H groups in total. The molecule has 0 aromatic carbocycles. The molecule has 1 aliphatic rings. The summed E-state index contributed by atoms with van der Waals surface area (Å²) >= 11 is 0. The van der Waals surface area contributed by atoms with Crippen LogP contribution in [0.2, 0.25) is 37.5 Å². The van der Waals surface area contributed by atoms with Crippen LogP contribution >= 0.6 is 0 Å². The normalized spacial score (nSPS) is 29.9. The second-order valence-corrected chi connectivity index (χ2v) is 11.3. The summed E-state index contributed by atoms with van der Waals surface area (Å²) in [6.45, 7) is 0. The maximum Gasteiger partial charge on any atom is 0.0986 e. The van der Waals surface area contributed by atoms with E-state index in [4.69, 9.17) is 0 Å². The van der Waals surface area contributed by atoms with Crippen molar-refractivity contribution in [3.8, 4) is 0 Å². The SMILES string of the molecule is BC(B)C1(C(B)B)C(B)(B)C(B)(B)C(B)(B)C(B)(B)C1(B)B. The van der Waals surface area contributed by atoms with Crippen molar-refractivity contribution >= 4 is 110 Å². The van der Waals surface area contributed by atoms with Crippen LogP contribution in [0, 0.1) is 5.41 Å². The van der Waals surface area contributed by atoms with Crippen LogP contribution in [0.25, 0.3) is 0 Å². The lowest BCUT2D eigenvalue weighted by atomic mass is 8.95. The van der Waals surface area contributed by atoms with Gasteiger partial charge in [0.2, 0.25) is 0 Å². The molecule has 104 valence electrons.